The SMILES string of the molecule is CCN[C@@H](COc1ccc(C)cc1)C(=O)O.Cl. The maximum Gasteiger partial charge on any atom is 0.324 e. The van der Waals surface area contributed by atoms with Gasteiger partial charge in [0.05, 0.1) is 0 Å². The van der Waals surface area contributed by atoms with Gasteiger partial charge in [0.15, 0.2) is 0 Å². The monoisotopic (exact) mass is 259 g/mol. The Labute approximate surface area is 107 Å². The van der Waals surface area contributed by atoms with E-state index in [1.54, 1.807) is 0 Å². The molecular formula is C12H18ClNO3. The molecule has 5 heteroatoms. The van der Waals surface area contributed by atoms with Gasteiger partial charge in [-0.2, -0.15) is 0 Å². The smallest absolute Gasteiger partial charge is 0.324 e. The molecule has 0 amide bonds. The van der Waals surface area contributed by atoms with Gasteiger partial charge < -0.3 is 15.2 Å². The quantitative estimate of drug-likeness (QED) is 0.819. The zero-order valence-electron chi connectivity index (χ0n) is 9.97. The normalized spacial score (nSPS) is 11.4. The minimum atomic E-state index is -0.894. The Kier molecular flexibility index (Phi) is 7.34. The molecule has 0 aliphatic heterocycles. The summed E-state index contributed by atoms with van der Waals surface area (Å²) in [5.41, 5.74) is 1.15. The van der Waals surface area contributed by atoms with Crippen LogP contribution < -0.4 is 10.1 Å². The van der Waals surface area contributed by atoms with Crippen LogP contribution in [0.5, 0.6) is 5.75 Å². The number of likely N-dealkylation sites (N-methyl/N-ethyl adjacent to an activating group) is 1. The summed E-state index contributed by atoms with van der Waals surface area (Å²) >= 11 is 0. The Balaban J connectivity index is 0.00000256. The van der Waals surface area contributed by atoms with E-state index < -0.39 is 12.0 Å². The van der Waals surface area contributed by atoms with Gasteiger partial charge in [0.1, 0.15) is 18.4 Å². The average molecular weight is 260 g/mol. The fourth-order valence-electron chi connectivity index (χ4n) is 1.28. The topological polar surface area (TPSA) is 58.6 Å². The van der Waals surface area contributed by atoms with Gasteiger partial charge in [-0.3, -0.25) is 4.79 Å². The van der Waals surface area contributed by atoms with Crippen molar-refractivity contribution in [3.63, 3.8) is 0 Å². The molecule has 1 atom stereocenters. The second-order valence-electron chi connectivity index (χ2n) is 3.57. The summed E-state index contributed by atoms with van der Waals surface area (Å²) in [4.78, 5) is 10.8. The van der Waals surface area contributed by atoms with E-state index in [4.69, 9.17) is 9.84 Å². The fraction of sp³-hybridized carbons (Fsp3) is 0.417. The Hall–Kier alpha value is -1.26. The molecule has 0 aliphatic rings. The summed E-state index contributed by atoms with van der Waals surface area (Å²) in [5.74, 6) is -0.205. The third-order valence-corrected chi connectivity index (χ3v) is 2.19. The lowest BCUT2D eigenvalue weighted by atomic mass is 10.2. The highest BCUT2D eigenvalue weighted by Gasteiger charge is 2.16. The number of aliphatic carboxylic acids is 1. The third-order valence-electron chi connectivity index (χ3n) is 2.19. The Morgan fingerprint density at radius 3 is 2.47 bits per heavy atom. The first kappa shape index (κ1) is 15.7. The van der Waals surface area contributed by atoms with Gasteiger partial charge in [-0.05, 0) is 25.6 Å². The molecule has 0 fully saturated rings. The van der Waals surface area contributed by atoms with Crippen LogP contribution in [-0.2, 0) is 4.79 Å². The number of hydrogen-bond donors (Lipinski definition) is 2. The van der Waals surface area contributed by atoms with E-state index in [0.29, 0.717) is 12.3 Å². The number of halogens is 1. The van der Waals surface area contributed by atoms with Crippen molar-refractivity contribution in [1.82, 2.24) is 5.32 Å². The van der Waals surface area contributed by atoms with Crippen LogP contribution in [0.3, 0.4) is 0 Å². The number of benzene rings is 1. The van der Waals surface area contributed by atoms with Crippen LogP contribution in [0.15, 0.2) is 24.3 Å². The third kappa shape index (κ3) is 5.56. The molecule has 0 radical (unpaired) electrons. The zero-order chi connectivity index (χ0) is 12.0. The maximum atomic E-state index is 10.8. The summed E-state index contributed by atoms with van der Waals surface area (Å²) in [6.45, 7) is 4.59. The van der Waals surface area contributed by atoms with Crippen molar-refractivity contribution in [3.05, 3.63) is 29.8 Å². The minimum absolute atomic E-state index is 0. The predicted molar refractivity (Wildman–Crippen MR) is 69.0 cm³/mol. The lowest BCUT2D eigenvalue weighted by Gasteiger charge is -2.14. The van der Waals surface area contributed by atoms with Crippen LogP contribution >= 0.6 is 12.4 Å². The van der Waals surface area contributed by atoms with Crippen LogP contribution in [0.2, 0.25) is 0 Å². The molecule has 1 rings (SSSR count). The lowest BCUT2D eigenvalue weighted by Crippen LogP contribution is -2.41. The molecule has 0 heterocycles. The van der Waals surface area contributed by atoms with Gasteiger partial charge in [-0.25, -0.2) is 0 Å². The Morgan fingerprint density at radius 2 is 2.00 bits per heavy atom. The molecule has 4 nitrogen and oxygen atoms in total. The number of carbonyl (C=O) groups is 1. The molecule has 96 valence electrons. The molecule has 0 aliphatic carbocycles. The van der Waals surface area contributed by atoms with Crippen LogP contribution in [-0.4, -0.2) is 30.3 Å². The molecule has 0 spiro atoms. The first-order valence-electron chi connectivity index (χ1n) is 5.29. The van der Waals surface area contributed by atoms with E-state index in [1.165, 1.54) is 0 Å². The molecule has 1 aromatic carbocycles. The summed E-state index contributed by atoms with van der Waals surface area (Å²) in [5, 5.41) is 11.7. The number of rotatable bonds is 6. The largest absolute Gasteiger partial charge is 0.491 e. The molecule has 0 bridgehead atoms. The number of ether oxygens (including phenoxy) is 1. The second-order valence-corrected chi connectivity index (χ2v) is 3.57. The highest BCUT2D eigenvalue weighted by Crippen LogP contribution is 2.11. The first-order chi connectivity index (χ1) is 7.63. The molecular weight excluding hydrogens is 242 g/mol. The molecule has 17 heavy (non-hydrogen) atoms. The number of carboxylic acids is 1. The molecule has 0 saturated carbocycles. The number of aryl methyl sites for hydroxylation is 1. The maximum absolute atomic E-state index is 10.8. The van der Waals surface area contributed by atoms with Crippen molar-refractivity contribution in [2.75, 3.05) is 13.2 Å². The first-order valence-corrected chi connectivity index (χ1v) is 5.29. The van der Waals surface area contributed by atoms with Gasteiger partial charge in [0, 0.05) is 0 Å². The number of carboxylic acid groups (broad SMARTS) is 1. The van der Waals surface area contributed by atoms with E-state index in [1.807, 2.05) is 38.1 Å². The van der Waals surface area contributed by atoms with Crippen LogP contribution in [0, 0.1) is 6.92 Å². The summed E-state index contributed by atoms with van der Waals surface area (Å²) in [6, 6.07) is 6.86. The molecule has 0 aromatic heterocycles. The van der Waals surface area contributed by atoms with Crippen molar-refractivity contribution in [1.29, 1.82) is 0 Å². The van der Waals surface area contributed by atoms with Crippen molar-refractivity contribution in [3.8, 4) is 5.75 Å². The van der Waals surface area contributed by atoms with E-state index in [9.17, 15) is 4.79 Å². The van der Waals surface area contributed by atoms with Gasteiger partial charge in [-0.15, -0.1) is 12.4 Å². The highest BCUT2D eigenvalue weighted by molar-refractivity contribution is 5.85. The average Bonchev–Trinajstić information content (AvgIpc) is 2.26. The lowest BCUT2D eigenvalue weighted by molar-refractivity contribution is -0.140. The second kappa shape index (κ2) is 7.92. The molecule has 0 unspecified atom stereocenters. The fourth-order valence-corrected chi connectivity index (χ4v) is 1.28. The minimum Gasteiger partial charge on any atom is -0.491 e. The van der Waals surface area contributed by atoms with Gasteiger partial charge in [-0.1, -0.05) is 24.6 Å². The zero-order valence-corrected chi connectivity index (χ0v) is 10.8. The van der Waals surface area contributed by atoms with Crippen LogP contribution in [0.1, 0.15) is 12.5 Å². The van der Waals surface area contributed by atoms with E-state index in [-0.39, 0.29) is 19.0 Å². The van der Waals surface area contributed by atoms with Crippen LogP contribution in [0.25, 0.3) is 0 Å². The van der Waals surface area contributed by atoms with Gasteiger partial charge in [0.2, 0.25) is 0 Å². The van der Waals surface area contributed by atoms with E-state index in [2.05, 4.69) is 5.32 Å². The summed E-state index contributed by atoms with van der Waals surface area (Å²) in [6.07, 6.45) is 0. The van der Waals surface area contributed by atoms with E-state index in [0.717, 1.165) is 5.56 Å². The van der Waals surface area contributed by atoms with Crippen molar-refractivity contribution < 1.29 is 14.6 Å². The number of nitrogens with one attached hydrogen (secondary N) is 1. The van der Waals surface area contributed by atoms with Crippen molar-refractivity contribution in [2.45, 2.75) is 19.9 Å². The van der Waals surface area contributed by atoms with Gasteiger partial charge in [0.25, 0.3) is 0 Å². The van der Waals surface area contributed by atoms with Gasteiger partial charge >= 0.3 is 5.97 Å². The Bertz CT molecular complexity index is 340. The van der Waals surface area contributed by atoms with Crippen molar-refractivity contribution >= 4 is 18.4 Å². The Morgan fingerprint density at radius 1 is 1.41 bits per heavy atom. The predicted octanol–water partition coefficient (Wildman–Crippen LogP) is 1.86. The molecule has 0 saturated heterocycles. The standard InChI is InChI=1S/C12H17NO3.ClH/c1-3-13-11(12(14)15)8-16-10-6-4-9(2)5-7-10;/h4-7,11,13H,3,8H2,1-2H3,(H,14,15);1H/t11-;/m0./s1. The van der Waals surface area contributed by atoms with E-state index >= 15 is 0 Å². The summed E-state index contributed by atoms with van der Waals surface area (Å²) in [7, 11) is 0. The van der Waals surface area contributed by atoms with Crippen molar-refractivity contribution in [2.24, 2.45) is 0 Å². The summed E-state index contributed by atoms with van der Waals surface area (Å²) < 4.78 is 5.39. The number of hydrogen-bond acceptors (Lipinski definition) is 3. The highest BCUT2D eigenvalue weighted by atomic mass is 35.5. The molecule has 1 aromatic rings. The molecule has 2 N–H and O–H groups in total. The van der Waals surface area contributed by atoms with Crippen LogP contribution in [0.4, 0.5) is 0 Å².